The maximum atomic E-state index is 13.2. The minimum atomic E-state index is -0.161. The van der Waals surface area contributed by atoms with Crippen LogP contribution in [0.3, 0.4) is 0 Å². The molecule has 1 amide bonds. The number of thioether (sulfide) groups is 1. The Hall–Kier alpha value is -2.02. The van der Waals surface area contributed by atoms with E-state index in [-0.39, 0.29) is 23.2 Å². The number of carbonyl (C=O) groups excluding carboxylic acids is 1. The summed E-state index contributed by atoms with van der Waals surface area (Å²) in [5.41, 5.74) is 3.04. The maximum absolute atomic E-state index is 13.2. The Morgan fingerprint density at radius 2 is 1.88 bits per heavy atom. The highest BCUT2D eigenvalue weighted by Crippen LogP contribution is 2.64. The SMILES string of the molecule is Cc1ccccc1NC(=O)Cn1c2c(sc1=O)[C@@H](c1ccc(Cl)cc1)[C@@H]1[C@@H]3CC[C@@H](C3)[C@@H]1S2. The van der Waals surface area contributed by atoms with Gasteiger partial charge in [0.15, 0.2) is 0 Å². The van der Waals surface area contributed by atoms with Crippen LogP contribution >= 0.6 is 34.7 Å². The van der Waals surface area contributed by atoms with Crippen LogP contribution in [-0.4, -0.2) is 15.7 Å². The first-order valence-corrected chi connectivity index (χ1v) is 13.6. The summed E-state index contributed by atoms with van der Waals surface area (Å²) in [5, 5.41) is 5.23. The minimum absolute atomic E-state index is 0.0429. The Bertz CT molecular complexity index is 1280. The second-order valence-corrected chi connectivity index (χ2v) is 12.1. The second kappa shape index (κ2) is 8.33. The largest absolute Gasteiger partial charge is 0.324 e. The van der Waals surface area contributed by atoms with Gasteiger partial charge in [-0.05, 0) is 73.3 Å². The monoisotopic (exact) mass is 496 g/mol. The molecule has 0 saturated heterocycles. The normalized spacial score (nSPS) is 27.3. The molecule has 2 bridgehead atoms. The molecule has 1 N–H and O–H groups in total. The number of para-hydroxylation sites is 1. The van der Waals surface area contributed by atoms with Gasteiger partial charge in [0.25, 0.3) is 0 Å². The first-order valence-electron chi connectivity index (χ1n) is 11.5. The van der Waals surface area contributed by atoms with Crippen molar-refractivity contribution in [2.24, 2.45) is 17.8 Å². The van der Waals surface area contributed by atoms with Crippen LogP contribution in [0.1, 0.15) is 41.2 Å². The lowest BCUT2D eigenvalue weighted by molar-refractivity contribution is -0.116. The van der Waals surface area contributed by atoms with E-state index < -0.39 is 0 Å². The van der Waals surface area contributed by atoms with Crippen molar-refractivity contribution < 1.29 is 4.79 Å². The molecule has 0 spiro atoms. The summed E-state index contributed by atoms with van der Waals surface area (Å²) in [4.78, 5) is 27.2. The van der Waals surface area contributed by atoms with Crippen molar-refractivity contribution in [3.05, 3.63) is 79.2 Å². The number of nitrogens with one attached hydrogen (secondary N) is 1. The van der Waals surface area contributed by atoms with Crippen LogP contribution in [0.5, 0.6) is 0 Å². The van der Waals surface area contributed by atoms with Crippen molar-refractivity contribution in [1.82, 2.24) is 4.57 Å². The van der Waals surface area contributed by atoms with Crippen molar-refractivity contribution in [2.75, 3.05) is 5.32 Å². The number of halogens is 1. The minimum Gasteiger partial charge on any atom is -0.324 e. The number of nitrogens with zero attached hydrogens (tertiary/aromatic N) is 1. The zero-order chi connectivity index (χ0) is 22.7. The van der Waals surface area contributed by atoms with E-state index in [1.54, 1.807) is 4.57 Å². The van der Waals surface area contributed by atoms with Crippen LogP contribution in [0.2, 0.25) is 5.02 Å². The van der Waals surface area contributed by atoms with Gasteiger partial charge in [-0.2, -0.15) is 0 Å². The first-order chi connectivity index (χ1) is 16.0. The number of anilines is 1. The van der Waals surface area contributed by atoms with Gasteiger partial charge in [0.2, 0.25) is 5.91 Å². The first kappa shape index (κ1) is 21.5. The predicted octanol–water partition coefficient (Wildman–Crippen LogP) is 6.16. The van der Waals surface area contributed by atoms with Gasteiger partial charge in [-0.15, -0.1) is 11.8 Å². The molecule has 170 valence electrons. The Balaban J connectivity index is 1.37. The molecule has 3 aromatic rings. The summed E-state index contributed by atoms with van der Waals surface area (Å²) in [6.45, 7) is 2.01. The average molecular weight is 497 g/mol. The number of amides is 1. The lowest BCUT2D eigenvalue weighted by atomic mass is 9.75. The Morgan fingerprint density at radius 1 is 1.12 bits per heavy atom. The lowest BCUT2D eigenvalue weighted by Crippen LogP contribution is -2.34. The van der Waals surface area contributed by atoms with Crippen LogP contribution in [-0.2, 0) is 11.3 Å². The van der Waals surface area contributed by atoms with Crippen molar-refractivity contribution in [2.45, 2.75) is 48.9 Å². The standard InChI is InChI=1S/C26H25ClN2O2S2/c1-14-4-2-3-5-19(14)28-20(30)13-29-25-24(33-26(29)31)21(15-8-10-18(27)11-9-15)22-16-6-7-17(12-16)23(22)32-25/h2-5,8-11,16-17,21-23H,6-7,12-13H2,1H3,(H,28,30)/t16-,17+,21+,22+,23+/m1/s1. The molecular weight excluding hydrogens is 472 g/mol. The summed E-state index contributed by atoms with van der Waals surface area (Å²) in [7, 11) is 0. The van der Waals surface area contributed by atoms with Crippen molar-refractivity contribution >= 4 is 46.3 Å². The van der Waals surface area contributed by atoms with Gasteiger partial charge in [-0.25, -0.2) is 0 Å². The summed E-state index contributed by atoms with van der Waals surface area (Å²) in [5.74, 6) is 2.02. The van der Waals surface area contributed by atoms with E-state index in [9.17, 15) is 9.59 Å². The maximum Gasteiger partial charge on any atom is 0.308 e. The fourth-order valence-electron chi connectivity index (χ4n) is 6.18. The summed E-state index contributed by atoms with van der Waals surface area (Å²) >= 11 is 9.37. The zero-order valence-electron chi connectivity index (χ0n) is 18.3. The Labute approximate surface area is 206 Å². The lowest BCUT2D eigenvalue weighted by Gasteiger charge is -2.40. The highest BCUT2D eigenvalue weighted by atomic mass is 35.5. The molecule has 0 radical (unpaired) electrons. The number of thiazole rings is 1. The quantitative estimate of drug-likeness (QED) is 0.470. The number of aryl methyl sites for hydroxylation is 1. The van der Waals surface area contributed by atoms with Crippen molar-refractivity contribution in [3.8, 4) is 0 Å². The third-order valence-electron chi connectivity index (χ3n) is 7.64. The third kappa shape index (κ3) is 3.67. The smallest absolute Gasteiger partial charge is 0.308 e. The molecule has 7 heteroatoms. The molecule has 5 atom stereocenters. The molecule has 0 unspecified atom stereocenters. The van der Waals surface area contributed by atoms with E-state index in [0.717, 1.165) is 32.1 Å². The number of carbonyl (C=O) groups is 1. The molecule has 2 heterocycles. The Morgan fingerprint density at radius 3 is 2.67 bits per heavy atom. The highest BCUT2D eigenvalue weighted by molar-refractivity contribution is 8.00. The molecule has 4 nitrogen and oxygen atoms in total. The molecule has 2 aromatic carbocycles. The van der Waals surface area contributed by atoms with Gasteiger partial charge in [-0.3, -0.25) is 14.2 Å². The van der Waals surface area contributed by atoms with Crippen molar-refractivity contribution in [1.29, 1.82) is 0 Å². The predicted molar refractivity (Wildman–Crippen MR) is 136 cm³/mol. The summed E-state index contributed by atoms with van der Waals surface area (Å²) in [6.07, 6.45) is 3.86. The van der Waals surface area contributed by atoms with Gasteiger partial charge in [-0.1, -0.05) is 53.3 Å². The molecule has 2 aliphatic carbocycles. The summed E-state index contributed by atoms with van der Waals surface area (Å²) < 4.78 is 1.71. The van der Waals surface area contributed by atoms with Crippen molar-refractivity contribution in [3.63, 3.8) is 0 Å². The van der Waals surface area contributed by atoms with E-state index in [2.05, 4.69) is 17.4 Å². The van der Waals surface area contributed by atoms with Gasteiger partial charge < -0.3 is 5.32 Å². The van der Waals surface area contributed by atoms with E-state index in [1.165, 1.54) is 36.2 Å². The van der Waals surface area contributed by atoms with E-state index in [1.807, 2.05) is 55.1 Å². The molecular formula is C26H25ClN2O2S2. The van der Waals surface area contributed by atoms with E-state index in [4.69, 9.17) is 11.6 Å². The van der Waals surface area contributed by atoms with Crippen LogP contribution < -0.4 is 10.2 Å². The van der Waals surface area contributed by atoms with E-state index >= 15 is 0 Å². The van der Waals surface area contributed by atoms with Crippen LogP contribution in [0.25, 0.3) is 0 Å². The fraction of sp³-hybridized carbons (Fsp3) is 0.385. The number of aromatic nitrogens is 1. The van der Waals surface area contributed by atoms with Crippen LogP contribution in [0.15, 0.2) is 58.4 Å². The van der Waals surface area contributed by atoms with Crippen LogP contribution in [0.4, 0.5) is 5.69 Å². The van der Waals surface area contributed by atoms with E-state index in [0.29, 0.717) is 17.1 Å². The molecule has 6 rings (SSSR count). The molecule has 3 aliphatic rings. The highest BCUT2D eigenvalue weighted by Gasteiger charge is 2.55. The molecule has 33 heavy (non-hydrogen) atoms. The Kier molecular flexibility index (Phi) is 5.43. The molecule has 2 saturated carbocycles. The number of hydrogen-bond acceptors (Lipinski definition) is 4. The van der Waals surface area contributed by atoms with Crippen LogP contribution in [0, 0.1) is 24.7 Å². The number of benzene rings is 2. The molecule has 1 aromatic heterocycles. The van der Waals surface area contributed by atoms with Gasteiger partial charge in [0, 0.05) is 26.8 Å². The molecule has 2 fully saturated rings. The number of fused-ring (bicyclic) bond motifs is 6. The second-order valence-electron chi connectivity index (χ2n) is 9.51. The third-order valence-corrected chi connectivity index (χ3v) is 10.7. The molecule has 1 aliphatic heterocycles. The van der Waals surface area contributed by atoms with Gasteiger partial charge in [0.1, 0.15) is 6.54 Å². The number of rotatable bonds is 4. The number of hydrogen-bond donors (Lipinski definition) is 1. The fourth-order valence-corrected chi connectivity index (χ4v) is 9.45. The van der Waals surface area contributed by atoms with Gasteiger partial charge >= 0.3 is 4.87 Å². The zero-order valence-corrected chi connectivity index (χ0v) is 20.7. The average Bonchev–Trinajstić information content (AvgIpc) is 3.49. The topological polar surface area (TPSA) is 51.1 Å². The summed E-state index contributed by atoms with van der Waals surface area (Å²) in [6, 6.07) is 15.9. The van der Waals surface area contributed by atoms with Gasteiger partial charge in [0.05, 0.1) is 5.03 Å².